The Morgan fingerprint density at radius 2 is 2.11 bits per heavy atom. The Hall–Kier alpha value is 0.0969. The molecule has 3 nitrogen and oxygen atoms in total. The van der Waals surface area contributed by atoms with Crippen LogP contribution in [0.2, 0.25) is 13.1 Å². The highest BCUT2D eigenvalue weighted by molar-refractivity contribution is 6.59. The maximum atomic E-state index is 6.18. The van der Waals surface area contributed by atoms with E-state index < -0.39 is 8.80 Å². The Morgan fingerprint density at radius 1 is 1.28 bits per heavy atom. The highest BCUT2D eigenvalue weighted by atomic mass is 28.3. The van der Waals surface area contributed by atoms with Crippen molar-refractivity contribution < 1.29 is 14.2 Å². The standard InChI is InChI=1S/C14H28O3Si/c1-18(2)14(8-4-6-10-17-14)7-3-5-9-15-11-13-12-16-13/h13,18H,3-12H2,1-2H3. The minimum Gasteiger partial charge on any atom is -0.379 e. The van der Waals surface area contributed by atoms with Gasteiger partial charge in [0.05, 0.1) is 27.2 Å². The van der Waals surface area contributed by atoms with Gasteiger partial charge in [-0.3, -0.25) is 0 Å². The van der Waals surface area contributed by atoms with Gasteiger partial charge in [-0.05, 0) is 38.5 Å². The predicted molar refractivity (Wildman–Crippen MR) is 75.8 cm³/mol. The Labute approximate surface area is 113 Å². The molecule has 2 unspecified atom stereocenters. The summed E-state index contributed by atoms with van der Waals surface area (Å²) in [5, 5.41) is 0.290. The second-order valence-electron chi connectivity index (χ2n) is 6.01. The van der Waals surface area contributed by atoms with Gasteiger partial charge in [0.15, 0.2) is 0 Å². The topological polar surface area (TPSA) is 31.0 Å². The van der Waals surface area contributed by atoms with Gasteiger partial charge in [0, 0.05) is 13.2 Å². The Balaban J connectivity index is 1.59. The quantitative estimate of drug-likeness (QED) is 0.386. The molecule has 0 aromatic rings. The molecule has 4 heteroatoms. The van der Waals surface area contributed by atoms with E-state index in [9.17, 15) is 0 Å². The fraction of sp³-hybridized carbons (Fsp3) is 1.00. The van der Waals surface area contributed by atoms with E-state index in [4.69, 9.17) is 14.2 Å². The molecule has 2 fully saturated rings. The first-order valence-corrected chi connectivity index (χ1v) is 10.4. The van der Waals surface area contributed by atoms with Crippen LogP contribution in [0, 0.1) is 0 Å². The Morgan fingerprint density at radius 3 is 2.72 bits per heavy atom. The summed E-state index contributed by atoms with van der Waals surface area (Å²) < 4.78 is 16.9. The zero-order chi connectivity index (χ0) is 12.8. The zero-order valence-corrected chi connectivity index (χ0v) is 13.1. The smallest absolute Gasteiger partial charge is 0.104 e. The summed E-state index contributed by atoms with van der Waals surface area (Å²) >= 11 is 0. The lowest BCUT2D eigenvalue weighted by Crippen LogP contribution is -2.47. The maximum absolute atomic E-state index is 6.18. The molecule has 0 spiro atoms. The summed E-state index contributed by atoms with van der Waals surface area (Å²) in [6, 6.07) is 0. The van der Waals surface area contributed by atoms with Crippen molar-refractivity contribution in [2.45, 2.75) is 62.9 Å². The number of ether oxygens (including phenoxy) is 3. The average Bonchev–Trinajstić information content (AvgIpc) is 3.18. The van der Waals surface area contributed by atoms with Gasteiger partial charge in [-0.25, -0.2) is 0 Å². The van der Waals surface area contributed by atoms with E-state index in [1.807, 2.05) is 0 Å². The third-order valence-corrected chi connectivity index (χ3v) is 7.13. The SMILES string of the molecule is C[SiH](C)C1(CCCCOCC2CO2)CCCCO1. The van der Waals surface area contributed by atoms with Crippen molar-refractivity contribution in [1.29, 1.82) is 0 Å². The molecule has 2 aliphatic rings. The normalized spacial score (nSPS) is 31.8. The molecule has 0 N–H and O–H groups in total. The van der Waals surface area contributed by atoms with Gasteiger partial charge in [-0.2, -0.15) is 0 Å². The Kier molecular flexibility index (Phi) is 5.67. The van der Waals surface area contributed by atoms with Gasteiger partial charge in [0.1, 0.15) is 6.10 Å². The van der Waals surface area contributed by atoms with Crippen LogP contribution < -0.4 is 0 Å². The van der Waals surface area contributed by atoms with Crippen molar-refractivity contribution in [3.05, 3.63) is 0 Å². The summed E-state index contributed by atoms with van der Waals surface area (Å²) in [5.41, 5.74) is 0. The van der Waals surface area contributed by atoms with Crippen LogP contribution in [-0.2, 0) is 14.2 Å². The minimum atomic E-state index is -0.736. The van der Waals surface area contributed by atoms with Gasteiger partial charge in [-0.1, -0.05) is 13.1 Å². The van der Waals surface area contributed by atoms with E-state index in [-0.39, 0.29) is 5.22 Å². The molecule has 18 heavy (non-hydrogen) atoms. The summed E-state index contributed by atoms with van der Waals surface area (Å²) in [6.45, 7) is 8.44. The summed E-state index contributed by atoms with van der Waals surface area (Å²) in [5.74, 6) is 0. The first kappa shape index (κ1) is 14.5. The van der Waals surface area contributed by atoms with Crippen LogP contribution in [0.1, 0.15) is 38.5 Å². The molecule has 0 saturated carbocycles. The lowest BCUT2D eigenvalue weighted by Gasteiger charge is -2.40. The lowest BCUT2D eigenvalue weighted by molar-refractivity contribution is -0.0301. The van der Waals surface area contributed by atoms with Crippen molar-refractivity contribution in [2.24, 2.45) is 0 Å². The van der Waals surface area contributed by atoms with E-state index in [2.05, 4.69) is 13.1 Å². The van der Waals surface area contributed by atoms with Crippen LogP contribution in [0.15, 0.2) is 0 Å². The van der Waals surface area contributed by atoms with E-state index in [0.29, 0.717) is 6.10 Å². The predicted octanol–water partition coefficient (Wildman–Crippen LogP) is 2.54. The van der Waals surface area contributed by atoms with Crippen molar-refractivity contribution in [2.75, 3.05) is 26.4 Å². The van der Waals surface area contributed by atoms with Crippen LogP contribution in [0.4, 0.5) is 0 Å². The highest BCUT2D eigenvalue weighted by Crippen LogP contribution is 2.32. The van der Waals surface area contributed by atoms with Gasteiger partial charge < -0.3 is 14.2 Å². The summed E-state index contributed by atoms with van der Waals surface area (Å²) in [4.78, 5) is 0. The number of hydrogen-bond donors (Lipinski definition) is 0. The Bertz CT molecular complexity index is 235. The monoisotopic (exact) mass is 272 g/mol. The van der Waals surface area contributed by atoms with Crippen molar-refractivity contribution in [1.82, 2.24) is 0 Å². The van der Waals surface area contributed by atoms with E-state index >= 15 is 0 Å². The molecule has 2 atom stereocenters. The minimum absolute atomic E-state index is 0.290. The molecule has 2 saturated heterocycles. The fourth-order valence-corrected chi connectivity index (χ4v) is 4.84. The second kappa shape index (κ2) is 7.03. The summed E-state index contributed by atoms with van der Waals surface area (Å²) in [6.07, 6.45) is 7.98. The van der Waals surface area contributed by atoms with Gasteiger partial charge >= 0.3 is 0 Å². The van der Waals surface area contributed by atoms with Crippen molar-refractivity contribution in [3.63, 3.8) is 0 Å². The van der Waals surface area contributed by atoms with Gasteiger partial charge in [0.25, 0.3) is 0 Å². The number of hydrogen-bond acceptors (Lipinski definition) is 3. The van der Waals surface area contributed by atoms with Crippen LogP contribution in [0.5, 0.6) is 0 Å². The van der Waals surface area contributed by atoms with Crippen LogP contribution in [0.3, 0.4) is 0 Å². The van der Waals surface area contributed by atoms with Gasteiger partial charge in [0.2, 0.25) is 0 Å². The molecule has 0 aromatic carbocycles. The average molecular weight is 272 g/mol. The highest BCUT2D eigenvalue weighted by Gasteiger charge is 2.36. The fourth-order valence-electron chi connectivity index (χ4n) is 2.82. The number of unbranched alkanes of at least 4 members (excludes halogenated alkanes) is 1. The molecule has 2 aliphatic heterocycles. The van der Waals surface area contributed by atoms with Crippen molar-refractivity contribution in [3.8, 4) is 0 Å². The molecular weight excluding hydrogens is 244 g/mol. The molecule has 0 amide bonds. The molecule has 106 valence electrons. The molecule has 2 heterocycles. The molecule has 0 aliphatic carbocycles. The molecule has 0 radical (unpaired) electrons. The molecule has 2 rings (SSSR count). The second-order valence-corrected chi connectivity index (χ2v) is 9.37. The third kappa shape index (κ3) is 4.33. The van der Waals surface area contributed by atoms with E-state index in [1.54, 1.807) is 0 Å². The van der Waals surface area contributed by atoms with Crippen LogP contribution in [-0.4, -0.2) is 46.6 Å². The van der Waals surface area contributed by atoms with Gasteiger partial charge in [-0.15, -0.1) is 0 Å². The molecular formula is C14H28O3Si. The number of epoxide rings is 1. The first-order valence-electron chi connectivity index (χ1n) is 7.56. The molecule has 0 bridgehead atoms. The van der Waals surface area contributed by atoms with E-state index in [0.717, 1.165) is 26.4 Å². The van der Waals surface area contributed by atoms with Crippen LogP contribution in [0.25, 0.3) is 0 Å². The summed E-state index contributed by atoms with van der Waals surface area (Å²) in [7, 11) is -0.736. The largest absolute Gasteiger partial charge is 0.379 e. The van der Waals surface area contributed by atoms with Crippen LogP contribution >= 0.6 is 0 Å². The zero-order valence-electron chi connectivity index (χ0n) is 12.0. The number of rotatable bonds is 8. The van der Waals surface area contributed by atoms with E-state index in [1.165, 1.54) is 38.5 Å². The lowest BCUT2D eigenvalue weighted by atomic mass is 10.0. The maximum Gasteiger partial charge on any atom is 0.104 e. The molecule has 0 aromatic heterocycles. The van der Waals surface area contributed by atoms with Crippen molar-refractivity contribution >= 4 is 8.80 Å². The first-order chi connectivity index (χ1) is 8.73. The third-order valence-electron chi connectivity index (χ3n) is 4.28.